The van der Waals surface area contributed by atoms with E-state index in [4.69, 9.17) is 26.2 Å². The summed E-state index contributed by atoms with van der Waals surface area (Å²) in [7, 11) is 3.06. The van der Waals surface area contributed by atoms with Gasteiger partial charge in [-0.1, -0.05) is 11.6 Å². The van der Waals surface area contributed by atoms with Crippen LogP contribution in [-0.2, 0) is 11.2 Å². The van der Waals surface area contributed by atoms with Gasteiger partial charge in [0, 0.05) is 10.9 Å². The summed E-state index contributed by atoms with van der Waals surface area (Å²) in [5.41, 5.74) is 0.981. The number of hydrogen-bond acceptors (Lipinski definition) is 4. The first-order valence-corrected chi connectivity index (χ1v) is 5.86. The van der Waals surface area contributed by atoms with Gasteiger partial charge < -0.3 is 14.6 Å². The van der Waals surface area contributed by atoms with Crippen LogP contribution in [-0.4, -0.2) is 30.3 Å². The Kier molecular flexibility index (Phi) is 3.76. The second-order valence-electron chi connectivity index (χ2n) is 3.88. The Bertz CT molecular complexity index is 642. The largest absolute Gasteiger partial charge is 0.496 e. The van der Waals surface area contributed by atoms with Crippen LogP contribution < -0.4 is 9.47 Å². The van der Waals surface area contributed by atoms with Gasteiger partial charge in [0.2, 0.25) is 0 Å². The molecule has 0 aliphatic carbocycles. The van der Waals surface area contributed by atoms with Crippen molar-refractivity contribution in [3.8, 4) is 11.5 Å². The van der Waals surface area contributed by atoms with Gasteiger partial charge in [0.05, 0.1) is 20.6 Å². The van der Waals surface area contributed by atoms with Gasteiger partial charge in [-0.15, -0.1) is 0 Å². The Hall–Kier alpha value is -2.01. The zero-order valence-corrected chi connectivity index (χ0v) is 11.2. The van der Waals surface area contributed by atoms with Crippen molar-refractivity contribution in [2.24, 2.45) is 0 Å². The lowest BCUT2D eigenvalue weighted by Crippen LogP contribution is -2.02. The maximum Gasteiger partial charge on any atom is 0.307 e. The Balaban J connectivity index is 2.72. The van der Waals surface area contributed by atoms with Crippen molar-refractivity contribution >= 4 is 28.5 Å². The lowest BCUT2D eigenvalue weighted by Gasteiger charge is -2.11. The summed E-state index contributed by atoms with van der Waals surface area (Å²) < 4.78 is 10.5. The molecule has 2 rings (SSSR count). The number of ether oxygens (including phenoxy) is 2. The van der Waals surface area contributed by atoms with Gasteiger partial charge in [-0.3, -0.25) is 4.79 Å². The molecule has 0 fully saturated rings. The molecule has 0 aliphatic rings. The number of halogens is 1. The van der Waals surface area contributed by atoms with Crippen molar-refractivity contribution < 1.29 is 19.4 Å². The number of fused-ring (bicyclic) bond motifs is 1. The molecular formula is C13H12ClNO4. The summed E-state index contributed by atoms with van der Waals surface area (Å²) in [5, 5.41) is 9.67. The number of rotatable bonds is 4. The smallest absolute Gasteiger partial charge is 0.307 e. The summed E-state index contributed by atoms with van der Waals surface area (Å²) in [5.74, 6) is 0.177. The van der Waals surface area contributed by atoms with E-state index < -0.39 is 5.97 Å². The van der Waals surface area contributed by atoms with Gasteiger partial charge in [-0.2, -0.15) is 0 Å². The number of carbonyl (C=O) groups is 1. The third kappa shape index (κ3) is 2.56. The predicted octanol–water partition coefficient (Wildman–Crippen LogP) is 2.53. The molecule has 0 radical (unpaired) electrons. The third-order valence-corrected chi connectivity index (χ3v) is 3.04. The van der Waals surface area contributed by atoms with Crippen LogP contribution >= 0.6 is 11.6 Å². The van der Waals surface area contributed by atoms with Gasteiger partial charge in [-0.25, -0.2) is 4.98 Å². The molecule has 6 heteroatoms. The van der Waals surface area contributed by atoms with Gasteiger partial charge >= 0.3 is 5.97 Å². The number of aromatic nitrogens is 1. The lowest BCUT2D eigenvalue weighted by atomic mass is 10.1. The van der Waals surface area contributed by atoms with Crippen LogP contribution in [0.3, 0.4) is 0 Å². The zero-order valence-electron chi connectivity index (χ0n) is 10.4. The second-order valence-corrected chi connectivity index (χ2v) is 4.23. The minimum Gasteiger partial charge on any atom is -0.496 e. The highest BCUT2D eigenvalue weighted by Gasteiger charge is 2.14. The number of nitrogens with zero attached hydrogens (tertiary/aromatic N) is 1. The summed E-state index contributed by atoms with van der Waals surface area (Å²) in [4.78, 5) is 15.0. The first-order chi connectivity index (χ1) is 9.06. The van der Waals surface area contributed by atoms with E-state index in [0.717, 1.165) is 0 Å². The summed E-state index contributed by atoms with van der Waals surface area (Å²) in [6.45, 7) is 0. The van der Waals surface area contributed by atoms with Crippen molar-refractivity contribution in [1.29, 1.82) is 0 Å². The molecule has 0 spiro atoms. The van der Waals surface area contributed by atoms with Crippen molar-refractivity contribution in [1.82, 2.24) is 4.98 Å². The Morgan fingerprint density at radius 1 is 1.32 bits per heavy atom. The molecule has 0 aliphatic heterocycles. The predicted molar refractivity (Wildman–Crippen MR) is 71.2 cm³/mol. The van der Waals surface area contributed by atoms with Crippen LogP contribution in [0.2, 0.25) is 5.15 Å². The monoisotopic (exact) mass is 281 g/mol. The molecule has 5 nitrogen and oxygen atoms in total. The van der Waals surface area contributed by atoms with Crippen LogP contribution in [0.4, 0.5) is 0 Å². The van der Waals surface area contributed by atoms with E-state index in [1.165, 1.54) is 14.2 Å². The molecule has 0 saturated carbocycles. The third-order valence-electron chi connectivity index (χ3n) is 2.72. The fourth-order valence-corrected chi connectivity index (χ4v) is 2.06. The molecule has 1 heterocycles. The topological polar surface area (TPSA) is 68.7 Å². The number of carboxylic acids is 1. The molecule has 2 aromatic rings. The van der Waals surface area contributed by atoms with E-state index in [-0.39, 0.29) is 11.6 Å². The van der Waals surface area contributed by atoms with Crippen molar-refractivity contribution in [2.45, 2.75) is 6.42 Å². The van der Waals surface area contributed by atoms with Crippen LogP contribution in [0.5, 0.6) is 11.5 Å². The van der Waals surface area contributed by atoms with E-state index in [0.29, 0.717) is 28.0 Å². The normalized spacial score (nSPS) is 10.5. The van der Waals surface area contributed by atoms with E-state index >= 15 is 0 Å². The average molecular weight is 282 g/mol. The summed E-state index contributed by atoms with van der Waals surface area (Å²) in [6, 6.07) is 5.13. The maximum absolute atomic E-state index is 10.8. The summed E-state index contributed by atoms with van der Waals surface area (Å²) >= 11 is 6.00. The average Bonchev–Trinajstić information content (AvgIpc) is 2.38. The number of aliphatic carboxylic acids is 1. The highest BCUT2D eigenvalue weighted by atomic mass is 35.5. The number of hydrogen-bond donors (Lipinski definition) is 1. The van der Waals surface area contributed by atoms with Crippen LogP contribution in [0.25, 0.3) is 10.9 Å². The van der Waals surface area contributed by atoms with Gasteiger partial charge in [0.15, 0.2) is 0 Å². The van der Waals surface area contributed by atoms with E-state index in [2.05, 4.69) is 4.98 Å². The molecule has 0 bridgehead atoms. The standard InChI is InChI=1S/C13H12ClNO4/c1-18-9-3-4-10(19-2)12-8(9)5-7(6-11(16)17)13(14)15-12/h3-5H,6H2,1-2H3,(H,16,17). The van der Waals surface area contributed by atoms with Crippen molar-refractivity contribution in [3.63, 3.8) is 0 Å². The molecule has 100 valence electrons. The molecule has 1 aromatic heterocycles. The molecule has 0 amide bonds. The molecule has 1 N–H and O–H groups in total. The molecule has 0 atom stereocenters. The van der Waals surface area contributed by atoms with E-state index in [9.17, 15) is 4.79 Å². The van der Waals surface area contributed by atoms with E-state index in [1.54, 1.807) is 18.2 Å². The van der Waals surface area contributed by atoms with Crippen LogP contribution in [0, 0.1) is 0 Å². The molecular weight excluding hydrogens is 270 g/mol. The lowest BCUT2D eigenvalue weighted by molar-refractivity contribution is -0.136. The second kappa shape index (κ2) is 5.32. The van der Waals surface area contributed by atoms with E-state index in [1.807, 2.05) is 0 Å². The number of benzene rings is 1. The van der Waals surface area contributed by atoms with Gasteiger partial charge in [-0.05, 0) is 18.2 Å². The Labute approximate surface area is 114 Å². The van der Waals surface area contributed by atoms with Crippen molar-refractivity contribution in [3.05, 3.63) is 28.9 Å². The van der Waals surface area contributed by atoms with Crippen LogP contribution in [0.15, 0.2) is 18.2 Å². The molecule has 0 unspecified atom stereocenters. The number of methoxy groups -OCH3 is 2. The van der Waals surface area contributed by atoms with Crippen molar-refractivity contribution in [2.75, 3.05) is 14.2 Å². The highest BCUT2D eigenvalue weighted by Crippen LogP contribution is 2.34. The molecule has 19 heavy (non-hydrogen) atoms. The first-order valence-electron chi connectivity index (χ1n) is 5.48. The molecule has 0 saturated heterocycles. The Morgan fingerprint density at radius 3 is 2.53 bits per heavy atom. The first kappa shape index (κ1) is 13.4. The highest BCUT2D eigenvalue weighted by molar-refractivity contribution is 6.30. The van der Waals surface area contributed by atoms with Gasteiger partial charge in [0.1, 0.15) is 22.2 Å². The molecule has 1 aromatic carbocycles. The Morgan fingerprint density at radius 2 is 1.95 bits per heavy atom. The quantitative estimate of drug-likeness (QED) is 0.872. The van der Waals surface area contributed by atoms with Gasteiger partial charge in [0.25, 0.3) is 0 Å². The SMILES string of the molecule is COc1ccc(OC)c2nc(Cl)c(CC(=O)O)cc12. The maximum atomic E-state index is 10.8. The zero-order chi connectivity index (χ0) is 14.0. The number of carboxylic acid groups (broad SMARTS) is 1. The fraction of sp³-hybridized carbons (Fsp3) is 0.231. The fourth-order valence-electron chi connectivity index (χ4n) is 1.86. The van der Waals surface area contributed by atoms with Crippen LogP contribution in [0.1, 0.15) is 5.56 Å². The minimum atomic E-state index is -0.968. The minimum absolute atomic E-state index is 0.154. The summed E-state index contributed by atoms with van der Waals surface area (Å²) in [6.07, 6.45) is -0.192. The number of pyridine rings is 1.